The first-order valence-electron chi connectivity index (χ1n) is 9.14. The fourth-order valence-corrected chi connectivity index (χ4v) is 4.35. The number of nitrogens with two attached hydrogens (primary N) is 1. The Hall–Kier alpha value is -2.28. The molecule has 0 aliphatic carbocycles. The number of hydrogen-bond donors (Lipinski definition) is 2. The van der Waals surface area contributed by atoms with E-state index >= 15 is 0 Å². The molecule has 0 spiro atoms. The van der Waals surface area contributed by atoms with Crippen molar-refractivity contribution in [2.45, 2.75) is 31.8 Å². The number of piperidine rings is 1. The molecule has 0 radical (unpaired) electrons. The SMILES string of the molecule is NCc1cc2ncc(N3CCCCC3C(=O)O)n2cc1-c1ccc(Cl)cc1Cl. The molecule has 1 saturated heterocycles. The number of nitrogens with zero attached hydrogens (tertiary/aromatic N) is 3. The Bertz CT molecular complexity index is 1050. The van der Waals surface area contributed by atoms with Gasteiger partial charge in [0.2, 0.25) is 0 Å². The highest BCUT2D eigenvalue weighted by atomic mass is 35.5. The number of halogens is 2. The zero-order valence-electron chi connectivity index (χ0n) is 15.1. The summed E-state index contributed by atoms with van der Waals surface area (Å²) < 4.78 is 1.92. The number of aromatic nitrogens is 2. The molecule has 1 fully saturated rings. The summed E-state index contributed by atoms with van der Waals surface area (Å²) >= 11 is 12.5. The molecule has 4 rings (SSSR count). The minimum absolute atomic E-state index is 0.328. The van der Waals surface area contributed by atoms with E-state index in [0.717, 1.165) is 41.0 Å². The van der Waals surface area contributed by atoms with Gasteiger partial charge in [-0.25, -0.2) is 9.78 Å². The number of carbonyl (C=O) groups is 1. The van der Waals surface area contributed by atoms with Gasteiger partial charge < -0.3 is 15.7 Å². The summed E-state index contributed by atoms with van der Waals surface area (Å²) in [7, 11) is 0. The van der Waals surface area contributed by atoms with Gasteiger partial charge in [-0.15, -0.1) is 0 Å². The third kappa shape index (κ3) is 3.32. The molecule has 0 amide bonds. The number of carboxylic acid groups (broad SMARTS) is 1. The van der Waals surface area contributed by atoms with Gasteiger partial charge in [-0.3, -0.25) is 4.40 Å². The number of benzene rings is 1. The summed E-state index contributed by atoms with van der Waals surface area (Å²) in [5, 5.41) is 10.7. The Morgan fingerprint density at radius 2 is 2.07 bits per heavy atom. The molecule has 1 aromatic carbocycles. The molecule has 2 aromatic heterocycles. The molecule has 0 bridgehead atoms. The molecule has 6 nitrogen and oxygen atoms in total. The summed E-state index contributed by atoms with van der Waals surface area (Å²) in [6, 6.07) is 6.72. The van der Waals surface area contributed by atoms with Gasteiger partial charge in [0.05, 0.1) is 6.20 Å². The first-order valence-corrected chi connectivity index (χ1v) is 9.90. The van der Waals surface area contributed by atoms with Crippen LogP contribution in [0.1, 0.15) is 24.8 Å². The molecule has 1 aliphatic rings. The largest absolute Gasteiger partial charge is 0.480 e. The van der Waals surface area contributed by atoms with Crippen LogP contribution < -0.4 is 10.6 Å². The van der Waals surface area contributed by atoms with Gasteiger partial charge in [-0.2, -0.15) is 0 Å². The Kier molecular flexibility index (Phi) is 5.19. The second kappa shape index (κ2) is 7.62. The van der Waals surface area contributed by atoms with E-state index in [2.05, 4.69) is 4.98 Å². The summed E-state index contributed by atoms with van der Waals surface area (Å²) in [4.78, 5) is 18.1. The number of imidazole rings is 1. The lowest BCUT2D eigenvalue weighted by atomic mass is 10.0. The summed E-state index contributed by atoms with van der Waals surface area (Å²) in [5.74, 6) is -0.0498. The van der Waals surface area contributed by atoms with Crippen molar-refractivity contribution in [3.8, 4) is 11.1 Å². The third-order valence-corrected chi connectivity index (χ3v) is 5.78. The zero-order chi connectivity index (χ0) is 19.8. The Labute approximate surface area is 172 Å². The molecule has 28 heavy (non-hydrogen) atoms. The van der Waals surface area contributed by atoms with Crippen LogP contribution in [0, 0.1) is 0 Å². The van der Waals surface area contributed by atoms with Crippen LogP contribution in [-0.4, -0.2) is 33.0 Å². The van der Waals surface area contributed by atoms with E-state index in [1.807, 2.05) is 27.6 Å². The van der Waals surface area contributed by atoms with Crippen LogP contribution in [0.2, 0.25) is 10.0 Å². The second-order valence-electron chi connectivity index (χ2n) is 6.93. The highest BCUT2D eigenvalue weighted by Crippen LogP contribution is 2.35. The lowest BCUT2D eigenvalue weighted by molar-refractivity contribution is -0.139. The maximum Gasteiger partial charge on any atom is 0.326 e. The predicted molar refractivity (Wildman–Crippen MR) is 111 cm³/mol. The van der Waals surface area contributed by atoms with Gasteiger partial charge in [0, 0.05) is 40.5 Å². The van der Waals surface area contributed by atoms with Crippen LogP contribution in [-0.2, 0) is 11.3 Å². The van der Waals surface area contributed by atoms with Crippen molar-refractivity contribution in [3.05, 3.63) is 52.3 Å². The van der Waals surface area contributed by atoms with Crippen molar-refractivity contribution >= 4 is 40.6 Å². The van der Waals surface area contributed by atoms with Crippen LogP contribution in [0.25, 0.3) is 16.8 Å². The van der Waals surface area contributed by atoms with Crippen LogP contribution >= 0.6 is 23.2 Å². The normalized spacial score (nSPS) is 17.2. The molecular formula is C20H20Cl2N4O2. The Morgan fingerprint density at radius 3 is 2.79 bits per heavy atom. The molecule has 3 heterocycles. The smallest absolute Gasteiger partial charge is 0.326 e. The molecule has 8 heteroatoms. The fourth-order valence-electron chi connectivity index (χ4n) is 3.84. The lowest BCUT2D eigenvalue weighted by Crippen LogP contribution is -2.45. The average Bonchev–Trinajstić information content (AvgIpc) is 3.09. The van der Waals surface area contributed by atoms with Crippen molar-refractivity contribution in [1.82, 2.24) is 9.38 Å². The number of fused-ring (bicyclic) bond motifs is 1. The Balaban J connectivity index is 1.88. The van der Waals surface area contributed by atoms with Gasteiger partial charge in [0.15, 0.2) is 0 Å². The average molecular weight is 419 g/mol. The molecule has 3 aromatic rings. The van der Waals surface area contributed by atoms with Crippen molar-refractivity contribution in [1.29, 1.82) is 0 Å². The first kappa shape index (κ1) is 19.1. The van der Waals surface area contributed by atoms with Crippen LogP contribution in [0.15, 0.2) is 36.7 Å². The minimum Gasteiger partial charge on any atom is -0.480 e. The zero-order valence-corrected chi connectivity index (χ0v) is 16.6. The molecular weight excluding hydrogens is 399 g/mol. The number of hydrogen-bond acceptors (Lipinski definition) is 4. The molecule has 1 unspecified atom stereocenters. The standard InChI is InChI=1S/C20H20Cl2N4O2/c21-13-4-5-14(16(22)8-13)15-11-26-18(7-12(15)9-23)24-10-19(26)25-6-2-1-3-17(25)20(27)28/h4-5,7-8,10-11,17H,1-3,6,9,23H2,(H,27,28). The van der Waals surface area contributed by atoms with Gasteiger partial charge in [-0.1, -0.05) is 29.3 Å². The van der Waals surface area contributed by atoms with Gasteiger partial charge in [-0.05, 0) is 43.0 Å². The van der Waals surface area contributed by atoms with Crippen LogP contribution in [0.4, 0.5) is 5.82 Å². The maximum absolute atomic E-state index is 11.7. The quantitative estimate of drug-likeness (QED) is 0.662. The molecule has 1 aliphatic heterocycles. The van der Waals surface area contributed by atoms with Gasteiger partial charge >= 0.3 is 5.97 Å². The van der Waals surface area contributed by atoms with E-state index < -0.39 is 12.0 Å². The fraction of sp³-hybridized carbons (Fsp3) is 0.300. The van der Waals surface area contributed by atoms with E-state index in [0.29, 0.717) is 29.6 Å². The van der Waals surface area contributed by atoms with Gasteiger partial charge in [0.25, 0.3) is 0 Å². The number of rotatable bonds is 4. The summed E-state index contributed by atoms with van der Waals surface area (Å²) in [6.07, 6.45) is 6.15. The highest BCUT2D eigenvalue weighted by molar-refractivity contribution is 6.36. The Morgan fingerprint density at radius 1 is 1.25 bits per heavy atom. The van der Waals surface area contributed by atoms with Gasteiger partial charge in [0.1, 0.15) is 17.5 Å². The molecule has 3 N–H and O–H groups in total. The minimum atomic E-state index is -0.811. The maximum atomic E-state index is 11.7. The van der Waals surface area contributed by atoms with E-state index in [1.165, 1.54) is 0 Å². The highest BCUT2D eigenvalue weighted by Gasteiger charge is 2.30. The first-order chi connectivity index (χ1) is 13.5. The number of anilines is 1. The van der Waals surface area contributed by atoms with E-state index in [-0.39, 0.29) is 0 Å². The van der Waals surface area contributed by atoms with E-state index in [4.69, 9.17) is 28.9 Å². The van der Waals surface area contributed by atoms with Crippen LogP contribution in [0.3, 0.4) is 0 Å². The van der Waals surface area contributed by atoms with E-state index in [1.54, 1.807) is 18.3 Å². The molecule has 146 valence electrons. The summed E-state index contributed by atoms with van der Waals surface area (Å²) in [6.45, 7) is 1.01. The number of aliphatic carboxylic acids is 1. The van der Waals surface area contributed by atoms with Crippen molar-refractivity contribution < 1.29 is 9.90 Å². The predicted octanol–water partition coefficient (Wildman–Crippen LogP) is 4.21. The second-order valence-corrected chi connectivity index (χ2v) is 7.77. The molecule has 0 saturated carbocycles. The number of pyridine rings is 1. The van der Waals surface area contributed by atoms with Crippen molar-refractivity contribution in [3.63, 3.8) is 0 Å². The van der Waals surface area contributed by atoms with Crippen molar-refractivity contribution in [2.24, 2.45) is 5.73 Å². The molecule has 1 atom stereocenters. The third-order valence-electron chi connectivity index (χ3n) is 5.24. The van der Waals surface area contributed by atoms with Crippen LogP contribution in [0.5, 0.6) is 0 Å². The summed E-state index contributed by atoms with van der Waals surface area (Å²) in [5.41, 5.74) is 9.30. The van der Waals surface area contributed by atoms with Crippen molar-refractivity contribution in [2.75, 3.05) is 11.4 Å². The topological polar surface area (TPSA) is 83.9 Å². The monoisotopic (exact) mass is 418 g/mol. The van der Waals surface area contributed by atoms with E-state index in [9.17, 15) is 9.90 Å². The lowest BCUT2D eigenvalue weighted by Gasteiger charge is -2.34. The number of carboxylic acids is 1.